The Morgan fingerprint density at radius 1 is 0.578 bits per heavy atom. The van der Waals surface area contributed by atoms with Gasteiger partial charge in [0.25, 0.3) is 11.8 Å². The molecule has 0 spiro atoms. The normalized spacial score (nSPS) is 11.6. The van der Waals surface area contributed by atoms with E-state index in [1.807, 2.05) is 84.9 Å². The maximum Gasteiger partial charge on any atom is 0.262 e. The Hall–Kier alpha value is -3.62. The van der Waals surface area contributed by atoms with Gasteiger partial charge in [-0.2, -0.15) is 0 Å². The first kappa shape index (κ1) is 34.3. The molecule has 0 unspecified atom stereocenters. The molecular formula is C37H40Br2N2O4. The molecule has 2 N–H and O–H groups in total. The summed E-state index contributed by atoms with van der Waals surface area (Å²) in [5.74, 6) is 0.955. The Bertz CT molecular complexity index is 1510. The molecule has 0 saturated carbocycles. The minimum absolute atomic E-state index is 0.0797. The first-order valence-corrected chi connectivity index (χ1v) is 16.4. The Morgan fingerprint density at radius 3 is 1.27 bits per heavy atom. The summed E-state index contributed by atoms with van der Waals surface area (Å²) in [6.45, 7) is 12.5. The van der Waals surface area contributed by atoms with Crippen LogP contribution in [-0.4, -0.2) is 25.0 Å². The fraction of sp³-hybridized carbons (Fsp3) is 0.297. The van der Waals surface area contributed by atoms with E-state index in [4.69, 9.17) is 9.47 Å². The van der Waals surface area contributed by atoms with Crippen molar-refractivity contribution in [2.24, 2.45) is 0 Å². The SMILES string of the molecule is CC(C)(C)c1cc(Br)ccc1OCC(=O)Nc1ccc(Cc2ccc(NC(=O)COc3ccc(Br)cc3C(C)(C)C)cc2)cc1. The highest BCUT2D eigenvalue weighted by atomic mass is 79.9. The molecule has 2 amide bonds. The largest absolute Gasteiger partial charge is 0.483 e. The number of amides is 2. The van der Waals surface area contributed by atoms with Crippen LogP contribution >= 0.6 is 31.9 Å². The number of nitrogens with one attached hydrogen (secondary N) is 2. The number of anilines is 2. The molecule has 0 atom stereocenters. The second kappa shape index (κ2) is 14.6. The zero-order chi connectivity index (χ0) is 32.8. The molecule has 0 aliphatic carbocycles. The van der Waals surface area contributed by atoms with E-state index in [-0.39, 0.29) is 35.9 Å². The van der Waals surface area contributed by atoms with Crippen LogP contribution in [0.2, 0.25) is 0 Å². The van der Waals surface area contributed by atoms with Crippen LogP contribution in [0.4, 0.5) is 11.4 Å². The molecule has 4 rings (SSSR count). The van der Waals surface area contributed by atoms with Gasteiger partial charge in [0.1, 0.15) is 11.5 Å². The maximum absolute atomic E-state index is 12.6. The molecule has 236 valence electrons. The summed E-state index contributed by atoms with van der Waals surface area (Å²) < 4.78 is 13.7. The van der Waals surface area contributed by atoms with Gasteiger partial charge < -0.3 is 20.1 Å². The maximum atomic E-state index is 12.6. The number of halogens is 2. The van der Waals surface area contributed by atoms with Crippen molar-refractivity contribution in [3.05, 3.63) is 116 Å². The quantitative estimate of drug-likeness (QED) is 0.170. The fourth-order valence-electron chi connectivity index (χ4n) is 4.76. The molecule has 0 aliphatic rings. The first-order chi connectivity index (χ1) is 21.2. The van der Waals surface area contributed by atoms with Crippen LogP contribution < -0.4 is 20.1 Å². The van der Waals surface area contributed by atoms with Crippen molar-refractivity contribution < 1.29 is 19.1 Å². The predicted octanol–water partition coefficient (Wildman–Crippen LogP) is 9.43. The summed E-state index contributed by atoms with van der Waals surface area (Å²) in [4.78, 5) is 25.2. The number of benzene rings is 4. The average Bonchev–Trinajstić information content (AvgIpc) is 2.97. The van der Waals surface area contributed by atoms with Crippen LogP contribution in [0.1, 0.15) is 63.8 Å². The van der Waals surface area contributed by atoms with Gasteiger partial charge in [0.2, 0.25) is 0 Å². The van der Waals surface area contributed by atoms with E-state index in [0.717, 1.165) is 31.2 Å². The molecule has 8 heteroatoms. The van der Waals surface area contributed by atoms with Crippen LogP contribution in [0.5, 0.6) is 11.5 Å². The Kier molecular flexibility index (Phi) is 11.2. The zero-order valence-electron chi connectivity index (χ0n) is 26.6. The summed E-state index contributed by atoms with van der Waals surface area (Å²) in [6.07, 6.45) is 0.715. The highest BCUT2D eigenvalue weighted by molar-refractivity contribution is 9.10. The lowest BCUT2D eigenvalue weighted by molar-refractivity contribution is -0.118. The minimum Gasteiger partial charge on any atom is -0.483 e. The zero-order valence-corrected chi connectivity index (χ0v) is 29.8. The van der Waals surface area contributed by atoms with Crippen molar-refractivity contribution in [2.75, 3.05) is 23.8 Å². The molecule has 0 radical (unpaired) electrons. The highest BCUT2D eigenvalue weighted by Crippen LogP contribution is 2.35. The van der Waals surface area contributed by atoms with Crippen molar-refractivity contribution in [1.29, 1.82) is 0 Å². The van der Waals surface area contributed by atoms with Crippen LogP contribution in [0.3, 0.4) is 0 Å². The van der Waals surface area contributed by atoms with Gasteiger partial charge in [-0.3, -0.25) is 9.59 Å². The Labute approximate surface area is 283 Å². The van der Waals surface area contributed by atoms with Gasteiger partial charge >= 0.3 is 0 Å². The van der Waals surface area contributed by atoms with E-state index in [9.17, 15) is 9.59 Å². The van der Waals surface area contributed by atoms with E-state index in [1.54, 1.807) is 0 Å². The van der Waals surface area contributed by atoms with Gasteiger partial charge in [0.15, 0.2) is 13.2 Å². The third-order valence-electron chi connectivity index (χ3n) is 7.10. The predicted molar refractivity (Wildman–Crippen MR) is 190 cm³/mol. The van der Waals surface area contributed by atoms with Crippen LogP contribution in [0.25, 0.3) is 0 Å². The summed E-state index contributed by atoms with van der Waals surface area (Å²) >= 11 is 7.03. The number of carbonyl (C=O) groups is 2. The topological polar surface area (TPSA) is 76.7 Å². The minimum atomic E-state index is -0.222. The van der Waals surface area contributed by atoms with Crippen LogP contribution in [0.15, 0.2) is 93.9 Å². The molecule has 0 heterocycles. The Balaban J connectivity index is 1.25. The lowest BCUT2D eigenvalue weighted by atomic mass is 9.86. The third-order valence-corrected chi connectivity index (χ3v) is 8.09. The van der Waals surface area contributed by atoms with Gasteiger partial charge in [0, 0.05) is 31.4 Å². The molecule has 0 saturated heterocycles. The highest BCUT2D eigenvalue weighted by Gasteiger charge is 2.21. The van der Waals surface area contributed by atoms with Crippen LogP contribution in [0, 0.1) is 0 Å². The molecular weight excluding hydrogens is 696 g/mol. The molecule has 45 heavy (non-hydrogen) atoms. The van der Waals surface area contributed by atoms with Crippen LogP contribution in [-0.2, 0) is 26.8 Å². The smallest absolute Gasteiger partial charge is 0.262 e. The lowest BCUT2D eigenvalue weighted by Gasteiger charge is -2.23. The first-order valence-electron chi connectivity index (χ1n) is 14.8. The standard InChI is InChI=1S/C37H40Br2N2O4/c1-36(2,3)30-20-26(38)11-17-32(30)44-22-34(42)40-28-13-7-24(8-14-28)19-25-9-15-29(16-10-25)41-35(43)23-45-33-18-12-27(39)21-31(33)37(4,5)6/h7-18,20-21H,19,22-23H2,1-6H3,(H,40,42)(H,41,43). The van der Waals surface area contributed by atoms with Gasteiger partial charge in [0.05, 0.1) is 0 Å². The van der Waals surface area contributed by atoms with Gasteiger partial charge in [-0.1, -0.05) is 97.7 Å². The number of carbonyl (C=O) groups excluding carboxylic acids is 2. The summed E-state index contributed by atoms with van der Waals surface area (Å²) in [5.41, 5.74) is 5.44. The fourth-order valence-corrected chi connectivity index (χ4v) is 5.48. The lowest BCUT2D eigenvalue weighted by Crippen LogP contribution is -2.22. The molecule has 0 aromatic heterocycles. The van der Waals surface area contributed by atoms with E-state index < -0.39 is 0 Å². The van der Waals surface area contributed by atoms with Crippen molar-refractivity contribution >= 4 is 55.0 Å². The van der Waals surface area contributed by atoms with Crippen molar-refractivity contribution in [1.82, 2.24) is 0 Å². The van der Waals surface area contributed by atoms with Gasteiger partial charge in [-0.15, -0.1) is 0 Å². The van der Waals surface area contributed by atoms with E-state index in [1.165, 1.54) is 0 Å². The third kappa shape index (κ3) is 10.2. The molecule has 0 aliphatic heterocycles. The van der Waals surface area contributed by atoms with E-state index in [2.05, 4.69) is 84.0 Å². The summed E-state index contributed by atoms with van der Waals surface area (Å²) in [7, 11) is 0. The molecule has 4 aromatic rings. The average molecular weight is 737 g/mol. The summed E-state index contributed by atoms with van der Waals surface area (Å²) in [5, 5.41) is 5.81. The van der Waals surface area contributed by atoms with E-state index >= 15 is 0 Å². The summed E-state index contributed by atoms with van der Waals surface area (Å²) in [6, 6.07) is 27.2. The second-order valence-electron chi connectivity index (χ2n) is 13.0. The van der Waals surface area contributed by atoms with Gasteiger partial charge in [-0.05, 0) is 89.0 Å². The molecule has 6 nitrogen and oxygen atoms in total. The van der Waals surface area contributed by atoms with Crippen molar-refractivity contribution in [2.45, 2.75) is 58.8 Å². The van der Waals surface area contributed by atoms with Crippen molar-refractivity contribution in [3.63, 3.8) is 0 Å². The van der Waals surface area contributed by atoms with Gasteiger partial charge in [-0.25, -0.2) is 0 Å². The number of hydrogen-bond acceptors (Lipinski definition) is 4. The van der Waals surface area contributed by atoms with Crippen molar-refractivity contribution in [3.8, 4) is 11.5 Å². The molecule has 0 bridgehead atoms. The molecule has 4 aromatic carbocycles. The molecule has 0 fully saturated rings. The van der Waals surface area contributed by atoms with E-state index in [0.29, 0.717) is 29.3 Å². The number of hydrogen-bond donors (Lipinski definition) is 2. The monoisotopic (exact) mass is 734 g/mol. The number of ether oxygens (including phenoxy) is 2. The number of rotatable bonds is 10. The Morgan fingerprint density at radius 2 is 0.933 bits per heavy atom. The second-order valence-corrected chi connectivity index (χ2v) is 14.9.